The van der Waals surface area contributed by atoms with E-state index in [1.54, 1.807) is 12.3 Å². The van der Waals surface area contributed by atoms with Gasteiger partial charge in [-0.25, -0.2) is 4.98 Å². The van der Waals surface area contributed by atoms with Gasteiger partial charge in [0.15, 0.2) is 0 Å². The highest BCUT2D eigenvalue weighted by Gasteiger charge is 2.05. The van der Waals surface area contributed by atoms with Crippen LogP contribution in [-0.2, 0) is 4.79 Å². The average Bonchev–Trinajstić information content (AvgIpc) is 2.31. The molecule has 0 fully saturated rings. The number of anilines is 1. The number of pyridine rings is 1. The van der Waals surface area contributed by atoms with Crippen molar-refractivity contribution in [3.8, 4) is 0 Å². The maximum atomic E-state index is 11.6. The summed E-state index contributed by atoms with van der Waals surface area (Å²) in [6.07, 6.45) is 2.55. The van der Waals surface area contributed by atoms with Crippen molar-refractivity contribution in [1.82, 2.24) is 10.3 Å². The van der Waals surface area contributed by atoms with Crippen molar-refractivity contribution in [2.45, 2.75) is 33.2 Å². The Morgan fingerprint density at radius 3 is 2.88 bits per heavy atom. The van der Waals surface area contributed by atoms with E-state index >= 15 is 0 Å². The van der Waals surface area contributed by atoms with E-state index in [0.29, 0.717) is 23.4 Å². The fraction of sp³-hybridized carbons (Fsp3) is 0.500. The smallest absolute Gasteiger partial charge is 0.238 e. The van der Waals surface area contributed by atoms with E-state index in [9.17, 15) is 4.79 Å². The van der Waals surface area contributed by atoms with E-state index in [1.807, 2.05) is 13.8 Å². The zero-order valence-electron chi connectivity index (χ0n) is 10.4. The summed E-state index contributed by atoms with van der Waals surface area (Å²) in [4.78, 5) is 15.6. The van der Waals surface area contributed by atoms with Crippen LogP contribution in [0.15, 0.2) is 12.3 Å². The van der Waals surface area contributed by atoms with Gasteiger partial charge in [-0.05, 0) is 31.9 Å². The molecule has 1 atom stereocenters. The van der Waals surface area contributed by atoms with Crippen LogP contribution in [0.4, 0.5) is 5.69 Å². The summed E-state index contributed by atoms with van der Waals surface area (Å²) in [5.74, 6) is -0.0752. The van der Waals surface area contributed by atoms with Gasteiger partial charge in [-0.1, -0.05) is 18.5 Å². The molecule has 1 heterocycles. The van der Waals surface area contributed by atoms with Gasteiger partial charge in [0.05, 0.1) is 18.4 Å². The second-order valence-corrected chi connectivity index (χ2v) is 4.43. The van der Waals surface area contributed by atoms with E-state index in [0.717, 1.165) is 12.0 Å². The second-order valence-electron chi connectivity index (χ2n) is 4.07. The van der Waals surface area contributed by atoms with Crippen molar-refractivity contribution >= 4 is 23.2 Å². The Bertz CT molecular complexity index is 395. The molecule has 1 aromatic rings. The summed E-state index contributed by atoms with van der Waals surface area (Å²) in [7, 11) is 0. The highest BCUT2D eigenvalue weighted by atomic mass is 35.5. The molecular formula is C12H18ClN3O. The Hall–Kier alpha value is -1.13. The predicted molar refractivity (Wildman–Crippen MR) is 70.4 cm³/mol. The molecule has 0 saturated heterocycles. The molecule has 0 radical (unpaired) electrons. The molecule has 0 aromatic carbocycles. The molecule has 1 amide bonds. The number of hydrogen-bond acceptors (Lipinski definition) is 3. The number of nitrogens with zero attached hydrogens (tertiary/aromatic N) is 1. The van der Waals surface area contributed by atoms with E-state index in [1.165, 1.54) is 0 Å². The molecule has 0 spiro atoms. The third kappa shape index (κ3) is 4.71. The fourth-order valence-corrected chi connectivity index (χ4v) is 1.35. The quantitative estimate of drug-likeness (QED) is 0.795. The molecule has 0 aliphatic rings. The van der Waals surface area contributed by atoms with Gasteiger partial charge in [0.1, 0.15) is 5.15 Å². The largest absolute Gasteiger partial charge is 0.324 e. The van der Waals surface area contributed by atoms with Crippen LogP contribution in [0.2, 0.25) is 5.15 Å². The maximum Gasteiger partial charge on any atom is 0.238 e. The van der Waals surface area contributed by atoms with Gasteiger partial charge in [-0.2, -0.15) is 0 Å². The van der Waals surface area contributed by atoms with Gasteiger partial charge in [-0.15, -0.1) is 0 Å². The van der Waals surface area contributed by atoms with Gasteiger partial charge in [0.2, 0.25) is 5.91 Å². The minimum absolute atomic E-state index is 0.0752. The standard InChI is InChI=1S/C12H18ClN3O/c1-4-9(3)14-7-11(17)16-10-5-8(2)12(13)15-6-10/h5-6,9,14H,4,7H2,1-3H3,(H,16,17). The molecule has 0 aliphatic carbocycles. The lowest BCUT2D eigenvalue weighted by molar-refractivity contribution is -0.115. The van der Waals surface area contributed by atoms with Crippen molar-refractivity contribution in [2.75, 3.05) is 11.9 Å². The molecule has 17 heavy (non-hydrogen) atoms. The Kier molecular flexibility index (Phi) is 5.38. The molecule has 5 heteroatoms. The number of amides is 1. The van der Waals surface area contributed by atoms with Crippen LogP contribution in [0.5, 0.6) is 0 Å². The SMILES string of the molecule is CCC(C)NCC(=O)Nc1cnc(Cl)c(C)c1. The van der Waals surface area contributed by atoms with Crippen molar-refractivity contribution in [3.63, 3.8) is 0 Å². The Labute approximate surface area is 107 Å². The van der Waals surface area contributed by atoms with Crippen LogP contribution >= 0.6 is 11.6 Å². The van der Waals surface area contributed by atoms with E-state index in [4.69, 9.17) is 11.6 Å². The number of carbonyl (C=O) groups excluding carboxylic acids is 1. The minimum atomic E-state index is -0.0752. The molecule has 1 aromatic heterocycles. The third-order valence-electron chi connectivity index (χ3n) is 2.52. The zero-order chi connectivity index (χ0) is 12.8. The van der Waals surface area contributed by atoms with Crippen LogP contribution in [0.1, 0.15) is 25.8 Å². The van der Waals surface area contributed by atoms with Crippen LogP contribution in [0, 0.1) is 6.92 Å². The summed E-state index contributed by atoms with van der Waals surface area (Å²) < 4.78 is 0. The molecule has 1 rings (SSSR count). The van der Waals surface area contributed by atoms with Crippen molar-refractivity contribution in [2.24, 2.45) is 0 Å². The third-order valence-corrected chi connectivity index (χ3v) is 2.92. The van der Waals surface area contributed by atoms with Crippen molar-refractivity contribution < 1.29 is 4.79 Å². The van der Waals surface area contributed by atoms with Gasteiger partial charge in [0.25, 0.3) is 0 Å². The first-order valence-electron chi connectivity index (χ1n) is 5.68. The Morgan fingerprint density at radius 2 is 2.29 bits per heavy atom. The summed E-state index contributed by atoms with van der Waals surface area (Å²) in [6.45, 7) is 6.27. The van der Waals surface area contributed by atoms with Crippen molar-refractivity contribution in [1.29, 1.82) is 0 Å². The summed E-state index contributed by atoms with van der Waals surface area (Å²) in [6, 6.07) is 2.14. The monoisotopic (exact) mass is 255 g/mol. The number of carbonyl (C=O) groups is 1. The highest BCUT2D eigenvalue weighted by Crippen LogP contribution is 2.15. The molecule has 4 nitrogen and oxygen atoms in total. The highest BCUT2D eigenvalue weighted by molar-refractivity contribution is 6.30. The van der Waals surface area contributed by atoms with Crippen LogP contribution < -0.4 is 10.6 Å². The number of rotatable bonds is 5. The fourth-order valence-electron chi connectivity index (χ4n) is 1.24. The maximum absolute atomic E-state index is 11.6. The van der Waals surface area contributed by atoms with E-state index in [-0.39, 0.29) is 5.91 Å². The van der Waals surface area contributed by atoms with Gasteiger partial charge in [-0.3, -0.25) is 4.79 Å². The Morgan fingerprint density at radius 1 is 1.59 bits per heavy atom. The van der Waals surface area contributed by atoms with Crippen LogP contribution in [-0.4, -0.2) is 23.5 Å². The second kappa shape index (κ2) is 6.57. The molecule has 2 N–H and O–H groups in total. The topological polar surface area (TPSA) is 54.0 Å². The molecular weight excluding hydrogens is 238 g/mol. The summed E-state index contributed by atoms with van der Waals surface area (Å²) >= 11 is 5.80. The van der Waals surface area contributed by atoms with E-state index in [2.05, 4.69) is 22.5 Å². The van der Waals surface area contributed by atoms with Crippen molar-refractivity contribution in [3.05, 3.63) is 23.0 Å². The average molecular weight is 256 g/mol. The number of nitrogens with one attached hydrogen (secondary N) is 2. The van der Waals surface area contributed by atoms with Crippen LogP contribution in [0.25, 0.3) is 0 Å². The van der Waals surface area contributed by atoms with Gasteiger partial charge < -0.3 is 10.6 Å². The van der Waals surface area contributed by atoms with Gasteiger partial charge >= 0.3 is 0 Å². The molecule has 0 saturated carbocycles. The lowest BCUT2D eigenvalue weighted by Crippen LogP contribution is -2.33. The Balaban J connectivity index is 2.48. The minimum Gasteiger partial charge on any atom is -0.324 e. The summed E-state index contributed by atoms with van der Waals surface area (Å²) in [5, 5.41) is 6.35. The normalized spacial score (nSPS) is 12.2. The van der Waals surface area contributed by atoms with Gasteiger partial charge in [0, 0.05) is 6.04 Å². The lowest BCUT2D eigenvalue weighted by atomic mass is 10.2. The molecule has 94 valence electrons. The first-order chi connectivity index (χ1) is 8.02. The first kappa shape index (κ1) is 13.9. The number of halogens is 1. The van der Waals surface area contributed by atoms with Crippen LogP contribution in [0.3, 0.4) is 0 Å². The number of aryl methyl sites for hydroxylation is 1. The lowest BCUT2D eigenvalue weighted by Gasteiger charge is -2.11. The zero-order valence-corrected chi connectivity index (χ0v) is 11.1. The molecule has 1 unspecified atom stereocenters. The molecule has 0 bridgehead atoms. The predicted octanol–water partition coefficient (Wildman–Crippen LogP) is 2.37. The molecule has 0 aliphatic heterocycles. The number of aromatic nitrogens is 1. The van der Waals surface area contributed by atoms with E-state index < -0.39 is 0 Å². The summed E-state index contributed by atoms with van der Waals surface area (Å²) in [5.41, 5.74) is 1.52. The number of hydrogen-bond donors (Lipinski definition) is 2. The first-order valence-corrected chi connectivity index (χ1v) is 6.06.